The van der Waals surface area contributed by atoms with Gasteiger partial charge in [-0.05, 0) is 30.4 Å². The molecular formula is C17H23N3O5. The maximum Gasteiger partial charge on any atom is 0.338 e. The van der Waals surface area contributed by atoms with Gasteiger partial charge in [0.05, 0.1) is 10.5 Å². The van der Waals surface area contributed by atoms with Gasteiger partial charge in [-0.1, -0.05) is 26.7 Å². The number of rotatable bonds is 5. The number of nitro groups is 1. The second-order valence-electron chi connectivity index (χ2n) is 6.55. The molecule has 8 heteroatoms. The van der Waals surface area contributed by atoms with E-state index in [4.69, 9.17) is 10.5 Å². The molecule has 0 radical (unpaired) electrons. The number of esters is 1. The first-order valence-electron chi connectivity index (χ1n) is 8.30. The summed E-state index contributed by atoms with van der Waals surface area (Å²) >= 11 is 0. The molecule has 1 fully saturated rings. The summed E-state index contributed by atoms with van der Waals surface area (Å²) in [6, 6.07) is 3.71. The molecule has 8 nitrogen and oxygen atoms in total. The van der Waals surface area contributed by atoms with Crippen LogP contribution in [-0.2, 0) is 9.53 Å². The fraction of sp³-hybridized carbons (Fsp3) is 0.529. The van der Waals surface area contributed by atoms with E-state index in [1.165, 1.54) is 12.1 Å². The third-order valence-electron chi connectivity index (χ3n) is 4.85. The number of nitrogens with zero attached hydrogens (tertiary/aromatic N) is 1. The standard InChI is InChI=1S/C17H23N3O5/c1-10-4-3-5-14(11(10)2)19-16(21)9-25-17(22)12-6-7-13(18)15(8-12)20(23)24/h6-8,10-11,14H,3-5,9,18H2,1-2H3,(H,19,21)/t10-,11-,14-/m1/s1. The number of amides is 1. The van der Waals surface area contributed by atoms with E-state index >= 15 is 0 Å². The van der Waals surface area contributed by atoms with Gasteiger partial charge in [0.25, 0.3) is 11.6 Å². The zero-order valence-electron chi connectivity index (χ0n) is 14.4. The van der Waals surface area contributed by atoms with Crippen LogP contribution >= 0.6 is 0 Å². The summed E-state index contributed by atoms with van der Waals surface area (Å²) in [6.07, 6.45) is 3.12. The highest BCUT2D eigenvalue weighted by Gasteiger charge is 2.28. The number of nitrogens with two attached hydrogens (primary N) is 1. The van der Waals surface area contributed by atoms with E-state index in [9.17, 15) is 19.7 Å². The van der Waals surface area contributed by atoms with Crippen molar-refractivity contribution < 1.29 is 19.2 Å². The topological polar surface area (TPSA) is 125 Å². The van der Waals surface area contributed by atoms with Crippen molar-refractivity contribution in [3.05, 3.63) is 33.9 Å². The summed E-state index contributed by atoms with van der Waals surface area (Å²) in [5.74, 6) is -0.266. The molecule has 1 aliphatic carbocycles. The Morgan fingerprint density at radius 2 is 2.08 bits per heavy atom. The molecule has 25 heavy (non-hydrogen) atoms. The van der Waals surface area contributed by atoms with E-state index in [1.807, 2.05) is 0 Å². The average Bonchev–Trinajstić information content (AvgIpc) is 2.57. The zero-order chi connectivity index (χ0) is 18.6. The summed E-state index contributed by atoms with van der Waals surface area (Å²) in [7, 11) is 0. The van der Waals surface area contributed by atoms with Gasteiger partial charge in [-0.25, -0.2) is 4.79 Å². The Balaban J connectivity index is 1.90. The van der Waals surface area contributed by atoms with Gasteiger partial charge in [0.2, 0.25) is 0 Å². The molecule has 0 spiro atoms. The Morgan fingerprint density at radius 3 is 2.76 bits per heavy atom. The van der Waals surface area contributed by atoms with Gasteiger partial charge >= 0.3 is 5.97 Å². The molecule has 0 unspecified atom stereocenters. The zero-order valence-corrected chi connectivity index (χ0v) is 14.4. The van der Waals surface area contributed by atoms with Crippen LogP contribution < -0.4 is 11.1 Å². The fourth-order valence-electron chi connectivity index (χ4n) is 3.08. The van der Waals surface area contributed by atoms with Crippen molar-refractivity contribution in [1.82, 2.24) is 5.32 Å². The van der Waals surface area contributed by atoms with E-state index in [1.54, 1.807) is 0 Å². The Kier molecular flexibility index (Phi) is 5.95. The monoisotopic (exact) mass is 349 g/mol. The lowest BCUT2D eigenvalue weighted by Crippen LogP contribution is -2.45. The molecule has 1 aliphatic rings. The number of ether oxygens (including phenoxy) is 1. The minimum absolute atomic E-state index is 0.0200. The molecular weight excluding hydrogens is 326 g/mol. The van der Waals surface area contributed by atoms with Crippen LogP contribution in [0.3, 0.4) is 0 Å². The lowest BCUT2D eigenvalue weighted by molar-refractivity contribution is -0.383. The molecule has 1 aromatic rings. The number of nitrogen functional groups attached to an aromatic ring is 1. The number of benzene rings is 1. The Hall–Kier alpha value is -2.64. The van der Waals surface area contributed by atoms with E-state index < -0.39 is 17.5 Å². The summed E-state index contributed by atoms with van der Waals surface area (Å²) in [6.45, 7) is 3.85. The number of hydrogen-bond donors (Lipinski definition) is 2. The highest BCUT2D eigenvalue weighted by molar-refractivity contribution is 5.92. The van der Waals surface area contributed by atoms with Crippen LogP contribution in [0.15, 0.2) is 18.2 Å². The number of anilines is 1. The molecule has 0 heterocycles. The maximum atomic E-state index is 12.0. The van der Waals surface area contributed by atoms with Gasteiger partial charge in [0.15, 0.2) is 6.61 Å². The van der Waals surface area contributed by atoms with Crippen LogP contribution in [-0.4, -0.2) is 29.4 Å². The first-order chi connectivity index (χ1) is 11.8. The van der Waals surface area contributed by atoms with Crippen molar-refractivity contribution in [3.8, 4) is 0 Å². The molecule has 0 bridgehead atoms. The molecule has 1 amide bonds. The highest BCUT2D eigenvalue weighted by atomic mass is 16.6. The quantitative estimate of drug-likeness (QED) is 0.364. The average molecular weight is 349 g/mol. The van der Waals surface area contributed by atoms with E-state index in [0.717, 1.165) is 25.3 Å². The molecule has 3 N–H and O–H groups in total. The minimum Gasteiger partial charge on any atom is -0.452 e. The Morgan fingerprint density at radius 1 is 1.36 bits per heavy atom. The maximum absolute atomic E-state index is 12.0. The van der Waals surface area contributed by atoms with Crippen LogP contribution in [0.5, 0.6) is 0 Å². The van der Waals surface area contributed by atoms with Gasteiger partial charge in [0, 0.05) is 12.1 Å². The lowest BCUT2D eigenvalue weighted by atomic mass is 9.78. The van der Waals surface area contributed by atoms with Crippen molar-refractivity contribution in [2.75, 3.05) is 12.3 Å². The van der Waals surface area contributed by atoms with Gasteiger partial charge in [0.1, 0.15) is 5.69 Å². The largest absolute Gasteiger partial charge is 0.452 e. The predicted molar refractivity (Wildman–Crippen MR) is 91.9 cm³/mol. The van der Waals surface area contributed by atoms with Crippen molar-refractivity contribution in [2.45, 2.75) is 39.2 Å². The van der Waals surface area contributed by atoms with Gasteiger partial charge in [-0.15, -0.1) is 0 Å². The third kappa shape index (κ3) is 4.68. The lowest BCUT2D eigenvalue weighted by Gasteiger charge is -2.34. The normalized spacial score (nSPS) is 22.9. The first kappa shape index (κ1) is 18.7. The Bertz CT molecular complexity index is 676. The number of carbonyl (C=O) groups excluding carboxylic acids is 2. The SMILES string of the molecule is C[C@@H]1[C@H](C)CCC[C@H]1NC(=O)COC(=O)c1ccc(N)c([N+](=O)[O-])c1. The van der Waals surface area contributed by atoms with Gasteiger partial charge in [-0.2, -0.15) is 0 Å². The number of nitrogens with one attached hydrogen (secondary N) is 1. The van der Waals surface area contributed by atoms with Crippen LogP contribution in [0, 0.1) is 22.0 Å². The molecule has 1 aromatic carbocycles. The smallest absolute Gasteiger partial charge is 0.338 e. The summed E-state index contributed by atoms with van der Waals surface area (Å²) in [5.41, 5.74) is 5.05. The number of hydrogen-bond acceptors (Lipinski definition) is 6. The van der Waals surface area contributed by atoms with E-state index in [-0.39, 0.29) is 28.9 Å². The predicted octanol–water partition coefficient (Wildman–Crippen LogP) is 2.27. The second kappa shape index (κ2) is 7.96. The highest BCUT2D eigenvalue weighted by Crippen LogP contribution is 2.29. The molecule has 136 valence electrons. The summed E-state index contributed by atoms with van der Waals surface area (Å²) < 4.78 is 4.95. The van der Waals surface area contributed by atoms with Crippen LogP contribution in [0.1, 0.15) is 43.5 Å². The fourth-order valence-corrected chi connectivity index (χ4v) is 3.08. The minimum atomic E-state index is -0.802. The van der Waals surface area contributed by atoms with E-state index in [0.29, 0.717) is 11.8 Å². The summed E-state index contributed by atoms with van der Waals surface area (Å²) in [5, 5.41) is 13.8. The van der Waals surface area contributed by atoms with Crippen LogP contribution in [0.2, 0.25) is 0 Å². The molecule has 0 saturated heterocycles. The third-order valence-corrected chi connectivity index (χ3v) is 4.85. The first-order valence-corrected chi connectivity index (χ1v) is 8.30. The number of nitro benzene ring substituents is 1. The van der Waals surface area contributed by atoms with Gasteiger partial charge < -0.3 is 15.8 Å². The number of carbonyl (C=O) groups is 2. The van der Waals surface area contributed by atoms with Crippen LogP contribution in [0.25, 0.3) is 0 Å². The van der Waals surface area contributed by atoms with Gasteiger partial charge in [-0.3, -0.25) is 14.9 Å². The molecule has 0 aliphatic heterocycles. The van der Waals surface area contributed by atoms with Crippen molar-refractivity contribution in [1.29, 1.82) is 0 Å². The van der Waals surface area contributed by atoms with Crippen molar-refractivity contribution in [2.24, 2.45) is 11.8 Å². The Labute approximate surface area is 145 Å². The molecule has 2 rings (SSSR count). The molecule has 1 saturated carbocycles. The van der Waals surface area contributed by atoms with Crippen LogP contribution in [0.4, 0.5) is 11.4 Å². The molecule has 0 aromatic heterocycles. The van der Waals surface area contributed by atoms with Crippen molar-refractivity contribution >= 4 is 23.3 Å². The second-order valence-corrected chi connectivity index (χ2v) is 6.55. The summed E-state index contributed by atoms with van der Waals surface area (Å²) in [4.78, 5) is 34.2. The molecule has 3 atom stereocenters. The van der Waals surface area contributed by atoms with Crippen molar-refractivity contribution in [3.63, 3.8) is 0 Å². The van der Waals surface area contributed by atoms with E-state index in [2.05, 4.69) is 19.2 Å².